The van der Waals surface area contributed by atoms with E-state index in [1.807, 2.05) is 13.8 Å². The molecule has 1 aliphatic rings. The minimum absolute atomic E-state index is 0.0989. The standard InChI is InChI=1S/C9H18N2OS/c1-7(8(10)13)11-5-3-4-9(2,12)6-11/h7,12H,3-6H2,1-2H3,(H2,10,13). The summed E-state index contributed by atoms with van der Waals surface area (Å²) in [6.07, 6.45) is 1.88. The maximum absolute atomic E-state index is 9.85. The van der Waals surface area contributed by atoms with Crippen LogP contribution >= 0.6 is 12.2 Å². The predicted molar refractivity (Wildman–Crippen MR) is 57.7 cm³/mol. The number of nitrogens with zero attached hydrogens (tertiary/aromatic N) is 1. The van der Waals surface area contributed by atoms with Crippen LogP contribution in [0.5, 0.6) is 0 Å². The Bertz CT molecular complexity index is 206. The van der Waals surface area contributed by atoms with E-state index in [1.165, 1.54) is 0 Å². The number of piperidine rings is 1. The Morgan fingerprint density at radius 1 is 1.69 bits per heavy atom. The molecular formula is C9H18N2OS. The highest BCUT2D eigenvalue weighted by molar-refractivity contribution is 7.80. The number of aliphatic hydroxyl groups is 1. The van der Waals surface area contributed by atoms with Crippen molar-refractivity contribution in [1.82, 2.24) is 4.90 Å². The lowest BCUT2D eigenvalue weighted by Gasteiger charge is -2.39. The molecule has 0 saturated carbocycles. The molecule has 76 valence electrons. The van der Waals surface area contributed by atoms with Crippen molar-refractivity contribution in [1.29, 1.82) is 0 Å². The van der Waals surface area contributed by atoms with Crippen molar-refractivity contribution in [3.63, 3.8) is 0 Å². The second-order valence-electron chi connectivity index (χ2n) is 4.15. The highest BCUT2D eigenvalue weighted by Crippen LogP contribution is 2.21. The zero-order valence-corrected chi connectivity index (χ0v) is 9.10. The fourth-order valence-electron chi connectivity index (χ4n) is 1.77. The van der Waals surface area contributed by atoms with E-state index in [0.717, 1.165) is 19.4 Å². The Morgan fingerprint density at radius 3 is 2.77 bits per heavy atom. The predicted octanol–water partition coefficient (Wildman–Crippen LogP) is 0.508. The lowest BCUT2D eigenvalue weighted by Crippen LogP contribution is -2.52. The van der Waals surface area contributed by atoms with E-state index in [1.54, 1.807) is 0 Å². The monoisotopic (exact) mass is 202 g/mol. The second-order valence-corrected chi connectivity index (χ2v) is 4.62. The molecule has 1 saturated heterocycles. The summed E-state index contributed by atoms with van der Waals surface area (Å²) in [4.78, 5) is 2.66. The summed E-state index contributed by atoms with van der Waals surface area (Å²) < 4.78 is 0. The van der Waals surface area contributed by atoms with Gasteiger partial charge in [0, 0.05) is 6.54 Å². The Hall–Kier alpha value is -0.190. The zero-order valence-electron chi connectivity index (χ0n) is 8.29. The Kier molecular flexibility index (Phi) is 3.27. The van der Waals surface area contributed by atoms with Crippen molar-refractivity contribution in [2.75, 3.05) is 13.1 Å². The molecule has 1 heterocycles. The van der Waals surface area contributed by atoms with Gasteiger partial charge in [-0.2, -0.15) is 0 Å². The summed E-state index contributed by atoms with van der Waals surface area (Å²) >= 11 is 4.93. The van der Waals surface area contributed by atoms with Gasteiger partial charge in [0.05, 0.1) is 16.6 Å². The van der Waals surface area contributed by atoms with Gasteiger partial charge in [-0.05, 0) is 33.2 Å². The average Bonchev–Trinajstić information content (AvgIpc) is 2.01. The molecule has 0 radical (unpaired) electrons. The molecule has 0 aromatic carbocycles. The maximum Gasteiger partial charge on any atom is 0.0899 e. The minimum Gasteiger partial charge on any atom is -0.392 e. The molecule has 0 aliphatic carbocycles. The normalized spacial score (nSPS) is 32.8. The summed E-state index contributed by atoms with van der Waals surface area (Å²) in [5.41, 5.74) is 4.99. The van der Waals surface area contributed by atoms with Crippen molar-refractivity contribution in [2.24, 2.45) is 5.73 Å². The van der Waals surface area contributed by atoms with E-state index in [9.17, 15) is 5.11 Å². The summed E-state index contributed by atoms with van der Waals surface area (Å²) in [6.45, 7) is 5.51. The highest BCUT2D eigenvalue weighted by atomic mass is 32.1. The molecule has 0 amide bonds. The van der Waals surface area contributed by atoms with E-state index in [4.69, 9.17) is 18.0 Å². The van der Waals surface area contributed by atoms with Crippen LogP contribution in [0.1, 0.15) is 26.7 Å². The smallest absolute Gasteiger partial charge is 0.0899 e. The fraction of sp³-hybridized carbons (Fsp3) is 0.889. The number of rotatable bonds is 2. The zero-order chi connectivity index (χ0) is 10.1. The molecule has 0 bridgehead atoms. The molecule has 0 aromatic rings. The van der Waals surface area contributed by atoms with Crippen molar-refractivity contribution in [3.05, 3.63) is 0 Å². The first-order chi connectivity index (χ1) is 5.92. The van der Waals surface area contributed by atoms with Crippen LogP contribution in [0.15, 0.2) is 0 Å². The van der Waals surface area contributed by atoms with E-state index >= 15 is 0 Å². The maximum atomic E-state index is 9.85. The molecule has 13 heavy (non-hydrogen) atoms. The van der Waals surface area contributed by atoms with Gasteiger partial charge in [0.25, 0.3) is 0 Å². The average molecular weight is 202 g/mol. The third kappa shape index (κ3) is 2.90. The molecule has 0 aromatic heterocycles. The van der Waals surface area contributed by atoms with Gasteiger partial charge in [0.2, 0.25) is 0 Å². The first kappa shape index (κ1) is 10.9. The van der Waals surface area contributed by atoms with Crippen LogP contribution in [0.4, 0.5) is 0 Å². The summed E-state index contributed by atoms with van der Waals surface area (Å²) in [6, 6.07) is 0.0989. The highest BCUT2D eigenvalue weighted by Gasteiger charge is 2.31. The first-order valence-electron chi connectivity index (χ1n) is 4.68. The SMILES string of the molecule is CC(C(N)=S)N1CCCC(C)(O)C1. The fourth-order valence-corrected chi connectivity index (χ4v) is 1.92. The van der Waals surface area contributed by atoms with Crippen LogP contribution < -0.4 is 5.73 Å². The lowest BCUT2D eigenvalue weighted by atomic mass is 9.94. The van der Waals surface area contributed by atoms with Crippen molar-refractivity contribution < 1.29 is 5.11 Å². The summed E-state index contributed by atoms with van der Waals surface area (Å²) in [5.74, 6) is 0. The number of hydrogen-bond acceptors (Lipinski definition) is 3. The summed E-state index contributed by atoms with van der Waals surface area (Å²) in [7, 11) is 0. The number of hydrogen-bond donors (Lipinski definition) is 2. The number of nitrogens with two attached hydrogens (primary N) is 1. The Labute approximate surface area is 84.9 Å². The van der Waals surface area contributed by atoms with E-state index in [2.05, 4.69) is 4.90 Å². The molecule has 1 fully saturated rings. The van der Waals surface area contributed by atoms with Crippen molar-refractivity contribution in [2.45, 2.75) is 38.3 Å². The van der Waals surface area contributed by atoms with Crippen LogP contribution in [0.3, 0.4) is 0 Å². The largest absolute Gasteiger partial charge is 0.392 e. The van der Waals surface area contributed by atoms with Gasteiger partial charge < -0.3 is 10.8 Å². The number of thiocarbonyl (C=S) groups is 1. The van der Waals surface area contributed by atoms with Gasteiger partial charge >= 0.3 is 0 Å². The van der Waals surface area contributed by atoms with E-state index < -0.39 is 5.60 Å². The van der Waals surface area contributed by atoms with Crippen molar-refractivity contribution in [3.8, 4) is 0 Å². The van der Waals surface area contributed by atoms with Gasteiger partial charge in [0.1, 0.15) is 0 Å². The molecule has 1 aliphatic heterocycles. The molecule has 3 nitrogen and oxygen atoms in total. The third-order valence-corrected chi connectivity index (χ3v) is 3.00. The van der Waals surface area contributed by atoms with Gasteiger partial charge in [-0.15, -0.1) is 0 Å². The molecule has 3 N–H and O–H groups in total. The first-order valence-corrected chi connectivity index (χ1v) is 5.09. The summed E-state index contributed by atoms with van der Waals surface area (Å²) in [5, 5.41) is 9.85. The van der Waals surface area contributed by atoms with Gasteiger partial charge in [-0.25, -0.2) is 0 Å². The van der Waals surface area contributed by atoms with Gasteiger partial charge in [0.15, 0.2) is 0 Å². The van der Waals surface area contributed by atoms with Crippen LogP contribution in [-0.4, -0.2) is 39.7 Å². The van der Waals surface area contributed by atoms with Crippen LogP contribution in [0.2, 0.25) is 0 Å². The van der Waals surface area contributed by atoms with E-state index in [0.29, 0.717) is 11.5 Å². The number of β-amino-alcohol motifs (C(OH)–C–C–N with tert-alkyl or cyclic N) is 1. The van der Waals surface area contributed by atoms with E-state index in [-0.39, 0.29) is 6.04 Å². The minimum atomic E-state index is -0.572. The molecule has 2 atom stereocenters. The molecule has 4 heteroatoms. The molecule has 2 unspecified atom stereocenters. The Morgan fingerprint density at radius 2 is 2.31 bits per heavy atom. The third-order valence-electron chi connectivity index (χ3n) is 2.66. The topological polar surface area (TPSA) is 49.5 Å². The second kappa shape index (κ2) is 3.90. The molecular weight excluding hydrogens is 184 g/mol. The van der Waals surface area contributed by atoms with Crippen molar-refractivity contribution >= 4 is 17.2 Å². The van der Waals surface area contributed by atoms with Crippen LogP contribution in [-0.2, 0) is 0 Å². The quantitative estimate of drug-likeness (QED) is 0.641. The molecule has 1 rings (SSSR count). The Balaban J connectivity index is 2.56. The van der Waals surface area contributed by atoms with Gasteiger partial charge in [-0.1, -0.05) is 12.2 Å². The lowest BCUT2D eigenvalue weighted by molar-refractivity contribution is -0.0196. The van der Waals surface area contributed by atoms with Gasteiger partial charge in [-0.3, -0.25) is 4.90 Å². The number of likely N-dealkylation sites (tertiary alicyclic amines) is 1. The molecule has 0 spiro atoms. The van der Waals surface area contributed by atoms with Crippen LogP contribution in [0, 0.1) is 0 Å². The van der Waals surface area contributed by atoms with Crippen LogP contribution in [0.25, 0.3) is 0 Å².